The van der Waals surface area contributed by atoms with Crippen LogP contribution in [0.4, 0.5) is 10.1 Å². The lowest BCUT2D eigenvalue weighted by molar-refractivity contribution is -0.135. The fraction of sp³-hybridized carbons (Fsp3) is 0.270. The highest BCUT2D eigenvalue weighted by molar-refractivity contribution is 6.31. The summed E-state index contributed by atoms with van der Waals surface area (Å²) >= 11 is 6.08. The molecule has 13 nitrogen and oxygen atoms in total. The molecule has 52 heavy (non-hydrogen) atoms. The Morgan fingerprint density at radius 3 is 2.48 bits per heavy atom. The molecule has 0 saturated heterocycles. The first-order valence-corrected chi connectivity index (χ1v) is 17.0. The van der Waals surface area contributed by atoms with E-state index in [1.807, 2.05) is 32.1 Å². The molecule has 0 saturated carbocycles. The molecule has 2 atom stereocenters. The molecule has 1 unspecified atom stereocenters. The van der Waals surface area contributed by atoms with E-state index in [1.165, 1.54) is 64.5 Å². The number of fused-ring (bicyclic) bond motifs is 1. The summed E-state index contributed by atoms with van der Waals surface area (Å²) in [7, 11) is 0. The lowest BCUT2D eigenvalue weighted by Gasteiger charge is -2.37. The normalized spacial score (nSPS) is 16.4. The molecule has 0 fully saturated rings. The Bertz CT molecular complexity index is 2080. The molecule has 3 aromatic carbocycles. The number of nitrogens with one attached hydrogen (secondary N) is 1. The lowest BCUT2D eigenvalue weighted by atomic mass is 9.84. The van der Waals surface area contributed by atoms with Crippen LogP contribution in [0.1, 0.15) is 58.9 Å². The van der Waals surface area contributed by atoms with Crippen LogP contribution in [0.3, 0.4) is 0 Å². The topological polar surface area (TPSA) is 177 Å². The average Bonchev–Trinajstić information content (AvgIpc) is 3.69. The number of tetrazole rings is 1. The van der Waals surface area contributed by atoms with Gasteiger partial charge in [0.25, 0.3) is 5.91 Å². The van der Waals surface area contributed by atoms with Crippen molar-refractivity contribution in [1.82, 2.24) is 30.0 Å². The maximum Gasteiger partial charge on any atom is 0.335 e. The first-order valence-electron chi connectivity index (χ1n) is 16.6. The van der Waals surface area contributed by atoms with Gasteiger partial charge < -0.3 is 26.0 Å². The molecular weight excluding hydrogens is 691 g/mol. The predicted molar refractivity (Wildman–Crippen MR) is 192 cm³/mol. The minimum atomic E-state index is -1.11. The molecule has 0 spiro atoms. The van der Waals surface area contributed by atoms with Gasteiger partial charge in [-0.25, -0.2) is 9.18 Å². The number of halogens is 2. The zero-order chi connectivity index (χ0) is 37.1. The second kappa shape index (κ2) is 15.3. The molecule has 2 aliphatic rings. The van der Waals surface area contributed by atoms with Gasteiger partial charge in [0.2, 0.25) is 11.8 Å². The van der Waals surface area contributed by atoms with Gasteiger partial charge >= 0.3 is 5.97 Å². The van der Waals surface area contributed by atoms with Crippen LogP contribution in [0.2, 0.25) is 5.02 Å². The molecule has 0 bridgehead atoms. The fourth-order valence-corrected chi connectivity index (χ4v) is 6.61. The molecule has 2 aliphatic heterocycles. The van der Waals surface area contributed by atoms with Crippen LogP contribution < -0.4 is 11.1 Å². The standard InChI is InChI=1S/C37H36ClFN8O5/c1-21(2)33(40)36(50)45-17-14-22(15-18-45)25-4-3-5-27-26(25)16-19-46(34(27)35(49)42-24-8-6-23(7-9-24)37(51)52)31(48)13-10-28-30(47-20-41-43-44-47)12-11-29(38)32(28)39/h3-14,20-21,33-34H,15-19,40H2,1-2H3,(H,42,49)(H,51,52)/b13-10+/t33-,34?/m0/s1. The van der Waals surface area contributed by atoms with E-state index in [0.29, 0.717) is 37.2 Å². The molecule has 4 N–H and O–H groups in total. The highest BCUT2D eigenvalue weighted by Crippen LogP contribution is 2.37. The van der Waals surface area contributed by atoms with E-state index in [9.17, 15) is 24.3 Å². The Labute approximate surface area is 303 Å². The van der Waals surface area contributed by atoms with Crippen LogP contribution in [0.25, 0.3) is 17.3 Å². The number of nitrogens with zero attached hydrogens (tertiary/aromatic N) is 6. The van der Waals surface area contributed by atoms with Crippen molar-refractivity contribution in [2.75, 3.05) is 25.0 Å². The van der Waals surface area contributed by atoms with E-state index >= 15 is 4.39 Å². The number of hydrogen-bond acceptors (Lipinski definition) is 8. The number of benzene rings is 3. The summed E-state index contributed by atoms with van der Waals surface area (Å²) in [6.07, 6.45) is 6.74. The Hall–Kier alpha value is -5.73. The van der Waals surface area contributed by atoms with Crippen LogP contribution in [-0.4, -0.2) is 84.5 Å². The number of hydrogen-bond donors (Lipinski definition) is 3. The quantitative estimate of drug-likeness (QED) is 0.209. The van der Waals surface area contributed by atoms with Crippen molar-refractivity contribution < 1.29 is 28.7 Å². The van der Waals surface area contributed by atoms with Gasteiger partial charge in [-0.1, -0.05) is 49.7 Å². The number of aromatic nitrogens is 4. The zero-order valence-corrected chi connectivity index (χ0v) is 29.1. The second-order valence-electron chi connectivity index (χ2n) is 12.8. The van der Waals surface area contributed by atoms with Crippen LogP contribution in [0, 0.1) is 11.7 Å². The van der Waals surface area contributed by atoms with Crippen molar-refractivity contribution in [3.05, 3.63) is 112 Å². The van der Waals surface area contributed by atoms with Crippen molar-refractivity contribution in [2.24, 2.45) is 11.7 Å². The maximum atomic E-state index is 15.3. The molecule has 1 aromatic heterocycles. The fourth-order valence-electron chi connectivity index (χ4n) is 6.44. The predicted octanol–water partition coefficient (Wildman–Crippen LogP) is 4.53. The molecule has 3 heterocycles. The molecule has 3 amide bonds. The first kappa shape index (κ1) is 36.1. The molecule has 0 radical (unpaired) electrons. The van der Waals surface area contributed by atoms with Gasteiger partial charge in [0.05, 0.1) is 22.3 Å². The van der Waals surface area contributed by atoms with Gasteiger partial charge in [-0.3, -0.25) is 14.4 Å². The van der Waals surface area contributed by atoms with Crippen molar-refractivity contribution in [3.8, 4) is 5.69 Å². The number of anilines is 1. The number of carboxylic acid groups (broad SMARTS) is 1. The average molecular weight is 727 g/mol. The summed E-state index contributed by atoms with van der Waals surface area (Å²) in [6.45, 7) is 4.87. The number of carbonyl (C=O) groups is 4. The summed E-state index contributed by atoms with van der Waals surface area (Å²) < 4.78 is 16.5. The summed E-state index contributed by atoms with van der Waals surface area (Å²) in [4.78, 5) is 55.6. The van der Waals surface area contributed by atoms with Gasteiger partial charge in [0.15, 0.2) is 5.82 Å². The summed E-state index contributed by atoms with van der Waals surface area (Å²) in [5, 5.41) is 23.0. The Morgan fingerprint density at radius 1 is 1.06 bits per heavy atom. The molecule has 4 aromatic rings. The van der Waals surface area contributed by atoms with Crippen molar-refractivity contribution in [2.45, 2.75) is 38.8 Å². The highest BCUT2D eigenvalue weighted by atomic mass is 35.5. The summed E-state index contributed by atoms with van der Waals surface area (Å²) in [5.74, 6) is -3.07. The Kier molecular flexibility index (Phi) is 10.6. The van der Waals surface area contributed by atoms with E-state index in [-0.39, 0.29) is 40.2 Å². The summed E-state index contributed by atoms with van der Waals surface area (Å²) in [5.41, 5.74) is 10.2. The number of rotatable bonds is 9. The van der Waals surface area contributed by atoms with E-state index < -0.39 is 35.7 Å². The van der Waals surface area contributed by atoms with Crippen LogP contribution >= 0.6 is 11.6 Å². The monoisotopic (exact) mass is 726 g/mol. The van der Waals surface area contributed by atoms with E-state index in [4.69, 9.17) is 17.3 Å². The Balaban J connectivity index is 1.34. The first-order chi connectivity index (χ1) is 24.9. The maximum absolute atomic E-state index is 15.3. The summed E-state index contributed by atoms with van der Waals surface area (Å²) in [6, 6.07) is 12.5. The molecular formula is C37H36ClFN8O5. The minimum Gasteiger partial charge on any atom is -0.478 e. The van der Waals surface area contributed by atoms with E-state index in [2.05, 4.69) is 20.8 Å². The number of amides is 3. The van der Waals surface area contributed by atoms with Crippen LogP contribution in [0.5, 0.6) is 0 Å². The molecule has 15 heteroatoms. The molecule has 0 aliphatic carbocycles. The number of carboxylic acids is 1. The van der Waals surface area contributed by atoms with Crippen molar-refractivity contribution >= 4 is 52.6 Å². The van der Waals surface area contributed by atoms with Gasteiger partial charge in [-0.05, 0) is 93.9 Å². The third-order valence-corrected chi connectivity index (χ3v) is 9.61. The second-order valence-corrected chi connectivity index (χ2v) is 13.3. The Morgan fingerprint density at radius 2 is 1.83 bits per heavy atom. The van der Waals surface area contributed by atoms with Crippen molar-refractivity contribution in [1.29, 1.82) is 0 Å². The lowest BCUT2D eigenvalue weighted by Crippen LogP contribution is -2.47. The minimum absolute atomic E-state index is 0.00951. The van der Waals surface area contributed by atoms with Crippen LogP contribution in [0.15, 0.2) is 73.1 Å². The third-order valence-electron chi connectivity index (χ3n) is 9.32. The molecule has 6 rings (SSSR count). The van der Waals surface area contributed by atoms with E-state index in [1.54, 1.807) is 11.0 Å². The number of nitrogens with two attached hydrogens (primary N) is 1. The SMILES string of the molecule is CC(C)[C@H](N)C(=O)N1CC=C(c2cccc3c2CCN(C(=O)/C=C/c2c(-n4cnnn4)ccc(Cl)c2F)C3C(=O)Nc2ccc(C(=O)O)cc2)CC1. The zero-order valence-electron chi connectivity index (χ0n) is 28.4. The van der Waals surface area contributed by atoms with Crippen molar-refractivity contribution in [3.63, 3.8) is 0 Å². The van der Waals surface area contributed by atoms with E-state index in [0.717, 1.165) is 16.7 Å². The smallest absolute Gasteiger partial charge is 0.335 e. The number of aromatic carboxylic acids is 1. The largest absolute Gasteiger partial charge is 0.478 e. The van der Waals surface area contributed by atoms with Gasteiger partial charge in [-0.2, -0.15) is 4.68 Å². The third kappa shape index (κ3) is 7.34. The van der Waals surface area contributed by atoms with Crippen LogP contribution in [-0.2, 0) is 20.8 Å². The van der Waals surface area contributed by atoms with Gasteiger partial charge in [-0.15, -0.1) is 5.10 Å². The van der Waals surface area contributed by atoms with Gasteiger partial charge in [0.1, 0.15) is 12.4 Å². The highest BCUT2D eigenvalue weighted by Gasteiger charge is 2.37. The van der Waals surface area contributed by atoms with Gasteiger partial charge in [0, 0.05) is 37.0 Å². The molecule has 268 valence electrons. The number of carbonyl (C=O) groups excluding carboxylic acids is 3.